The Morgan fingerprint density at radius 1 is 0.355 bits per heavy atom. The maximum atomic E-state index is 12.8. The average molecular weight is 1100 g/mol. The van der Waals surface area contributed by atoms with Crippen molar-refractivity contribution in [2.75, 3.05) is 47.5 Å². The molecule has 0 aromatic carbocycles. The van der Waals surface area contributed by atoms with Crippen molar-refractivity contribution in [3.8, 4) is 0 Å². The van der Waals surface area contributed by atoms with Gasteiger partial charge in [0.15, 0.2) is 6.10 Å². The Kier molecular flexibility index (Phi) is 57.9. The lowest BCUT2D eigenvalue weighted by Crippen LogP contribution is -2.37. The fraction of sp³-hybridized carbons (Fsp3) is 0.970. The number of carbonyl (C=O) groups excluding carboxylic acids is 2. The maximum Gasteiger partial charge on any atom is 0.306 e. The number of phosphoric ester groups is 1. The molecule has 2 atom stereocenters. The van der Waals surface area contributed by atoms with Gasteiger partial charge in [0.25, 0.3) is 7.82 Å². The number of likely N-dealkylation sites (N-methyl/N-ethyl adjacent to an activating group) is 1. The smallest absolute Gasteiger partial charge is 0.306 e. The van der Waals surface area contributed by atoms with Crippen molar-refractivity contribution in [1.82, 2.24) is 0 Å². The average Bonchev–Trinajstić information content (AvgIpc) is 3.38. The maximum absolute atomic E-state index is 12.8. The second kappa shape index (κ2) is 58.7. The molecule has 0 N–H and O–H groups in total. The van der Waals surface area contributed by atoms with Crippen LogP contribution < -0.4 is 4.89 Å². The molecule has 0 fully saturated rings. The van der Waals surface area contributed by atoms with E-state index in [0.717, 1.165) is 32.1 Å². The van der Waals surface area contributed by atoms with Crippen LogP contribution in [0.2, 0.25) is 0 Å². The second-order valence-electron chi connectivity index (χ2n) is 24.6. The Balaban J connectivity index is 3.95. The number of unbranched alkanes of at least 4 members (excludes halogenated alkanes) is 50. The highest BCUT2D eigenvalue weighted by molar-refractivity contribution is 7.45. The van der Waals surface area contributed by atoms with Crippen LogP contribution in [0.1, 0.15) is 361 Å². The van der Waals surface area contributed by atoms with Crippen LogP contribution in [0, 0.1) is 0 Å². The van der Waals surface area contributed by atoms with Crippen molar-refractivity contribution in [3.63, 3.8) is 0 Å². The van der Waals surface area contributed by atoms with Crippen molar-refractivity contribution >= 4 is 19.8 Å². The third-order valence-electron chi connectivity index (χ3n) is 15.6. The topological polar surface area (TPSA) is 111 Å². The summed E-state index contributed by atoms with van der Waals surface area (Å²) in [4.78, 5) is 38.0. The molecule has 454 valence electrons. The molecule has 0 saturated heterocycles. The molecule has 0 aliphatic rings. The van der Waals surface area contributed by atoms with Crippen molar-refractivity contribution in [2.45, 2.75) is 367 Å². The molecule has 0 spiro atoms. The van der Waals surface area contributed by atoms with Crippen LogP contribution in [0.5, 0.6) is 0 Å². The quantitative estimate of drug-likeness (QED) is 0.0256. The first-order valence-corrected chi connectivity index (χ1v) is 35.2. The largest absolute Gasteiger partial charge is 0.756 e. The van der Waals surface area contributed by atoms with E-state index in [1.807, 2.05) is 21.1 Å². The lowest BCUT2D eigenvalue weighted by Gasteiger charge is -2.28. The Hall–Kier alpha value is -0.990. The minimum Gasteiger partial charge on any atom is -0.756 e. The van der Waals surface area contributed by atoms with Gasteiger partial charge in [-0.15, -0.1) is 0 Å². The van der Waals surface area contributed by atoms with Gasteiger partial charge in [-0.05, 0) is 12.8 Å². The first-order chi connectivity index (χ1) is 37.0. The fourth-order valence-corrected chi connectivity index (χ4v) is 11.2. The molecule has 2 unspecified atom stereocenters. The van der Waals surface area contributed by atoms with Gasteiger partial charge < -0.3 is 27.9 Å². The molecule has 0 aromatic rings. The van der Waals surface area contributed by atoms with Crippen LogP contribution >= 0.6 is 7.82 Å². The van der Waals surface area contributed by atoms with E-state index in [2.05, 4.69) is 13.8 Å². The van der Waals surface area contributed by atoms with E-state index >= 15 is 0 Å². The Morgan fingerprint density at radius 3 is 0.842 bits per heavy atom. The van der Waals surface area contributed by atoms with Gasteiger partial charge in [-0.25, -0.2) is 0 Å². The number of hydrogen-bond acceptors (Lipinski definition) is 8. The molecule has 10 heteroatoms. The lowest BCUT2D eigenvalue weighted by atomic mass is 10.0. The summed E-state index contributed by atoms with van der Waals surface area (Å²) in [5.41, 5.74) is 0. The summed E-state index contributed by atoms with van der Waals surface area (Å²) < 4.78 is 34.3. The number of hydrogen-bond donors (Lipinski definition) is 0. The van der Waals surface area contributed by atoms with Crippen molar-refractivity contribution in [2.24, 2.45) is 0 Å². The van der Waals surface area contributed by atoms with E-state index in [4.69, 9.17) is 18.5 Å². The summed E-state index contributed by atoms with van der Waals surface area (Å²) in [6.45, 7) is 4.33. The predicted molar refractivity (Wildman–Crippen MR) is 324 cm³/mol. The van der Waals surface area contributed by atoms with Crippen LogP contribution in [-0.4, -0.2) is 70.0 Å². The number of ether oxygens (including phenoxy) is 2. The van der Waals surface area contributed by atoms with E-state index in [-0.39, 0.29) is 32.0 Å². The molecule has 9 nitrogen and oxygen atoms in total. The van der Waals surface area contributed by atoms with Crippen molar-refractivity contribution in [1.29, 1.82) is 0 Å². The second-order valence-corrected chi connectivity index (χ2v) is 26.0. The molecule has 0 bridgehead atoms. The van der Waals surface area contributed by atoms with Crippen LogP contribution in [0.15, 0.2) is 0 Å². The van der Waals surface area contributed by atoms with E-state index in [1.54, 1.807) is 0 Å². The normalized spacial score (nSPS) is 13.1. The zero-order valence-electron chi connectivity index (χ0n) is 51.7. The van der Waals surface area contributed by atoms with Crippen LogP contribution in [0.3, 0.4) is 0 Å². The number of esters is 2. The van der Waals surface area contributed by atoms with Crippen LogP contribution in [-0.2, 0) is 32.7 Å². The molecule has 0 saturated carbocycles. The number of quaternary nitrogens is 1. The number of nitrogens with zero attached hydrogens (tertiary/aromatic N) is 1. The first kappa shape index (κ1) is 75.0. The highest BCUT2D eigenvalue weighted by Gasteiger charge is 2.22. The number of phosphoric acid groups is 1. The van der Waals surface area contributed by atoms with Gasteiger partial charge in [-0.2, -0.15) is 0 Å². The highest BCUT2D eigenvalue weighted by atomic mass is 31.2. The summed E-state index contributed by atoms with van der Waals surface area (Å²) in [6.07, 6.45) is 69.0. The standard InChI is InChI=1S/C66H132NO8P/c1-6-8-10-12-14-16-18-20-22-24-26-27-28-29-30-31-32-33-34-35-36-37-38-39-41-43-45-47-49-51-53-55-57-59-66(69)75-64(63-74-76(70,71)73-61-60-67(3,4)5)62-72-65(68)58-56-54-52-50-48-46-44-42-40-25-23-21-19-17-15-13-11-9-7-2/h64H,6-63H2,1-5H3. The van der Waals surface area contributed by atoms with Crippen molar-refractivity contribution < 1.29 is 42.1 Å². The summed E-state index contributed by atoms with van der Waals surface area (Å²) in [6, 6.07) is 0. The summed E-state index contributed by atoms with van der Waals surface area (Å²) in [5, 5.41) is 0. The van der Waals surface area contributed by atoms with Crippen LogP contribution in [0.4, 0.5) is 0 Å². The molecule has 76 heavy (non-hydrogen) atoms. The molecule has 0 aliphatic heterocycles. The van der Waals surface area contributed by atoms with Gasteiger partial charge in [0.05, 0.1) is 27.7 Å². The fourth-order valence-electron chi connectivity index (χ4n) is 10.4. The molecule has 0 rings (SSSR count). The zero-order chi connectivity index (χ0) is 55.6. The molecule has 0 radical (unpaired) electrons. The predicted octanol–water partition coefficient (Wildman–Crippen LogP) is 20.8. The molecule has 0 amide bonds. The Labute approximate surface area is 474 Å². The third-order valence-corrected chi connectivity index (χ3v) is 16.6. The lowest BCUT2D eigenvalue weighted by molar-refractivity contribution is -0.870. The Bertz CT molecular complexity index is 1240. The van der Waals surface area contributed by atoms with E-state index in [1.165, 1.54) is 295 Å². The van der Waals surface area contributed by atoms with E-state index in [9.17, 15) is 19.0 Å². The Morgan fingerprint density at radius 2 is 0.592 bits per heavy atom. The molecular formula is C66H132NO8P. The van der Waals surface area contributed by atoms with Gasteiger partial charge in [0, 0.05) is 12.8 Å². The SMILES string of the molecule is CCCCCCCCCCCCCCCCCCCCCCCCCCCCCCCCCCCC(=O)OC(COC(=O)CCCCCCCCCCCCCCCCCCCCC)COP(=O)([O-])OCC[N+](C)(C)C. The summed E-state index contributed by atoms with van der Waals surface area (Å²) in [7, 11) is 1.19. The van der Waals surface area contributed by atoms with Crippen LogP contribution in [0.25, 0.3) is 0 Å². The zero-order valence-corrected chi connectivity index (χ0v) is 52.6. The molecule has 0 aliphatic carbocycles. The van der Waals surface area contributed by atoms with Crippen molar-refractivity contribution in [3.05, 3.63) is 0 Å². The first-order valence-electron chi connectivity index (χ1n) is 33.7. The minimum atomic E-state index is -4.63. The van der Waals surface area contributed by atoms with Gasteiger partial charge in [-0.3, -0.25) is 14.2 Å². The highest BCUT2D eigenvalue weighted by Crippen LogP contribution is 2.38. The number of carbonyl (C=O) groups is 2. The van der Waals surface area contributed by atoms with E-state index < -0.39 is 26.5 Å². The third kappa shape index (κ3) is 62.2. The van der Waals surface area contributed by atoms with E-state index in [0.29, 0.717) is 17.4 Å². The number of rotatable bonds is 64. The summed E-state index contributed by atoms with van der Waals surface area (Å²) >= 11 is 0. The summed E-state index contributed by atoms with van der Waals surface area (Å²) in [5.74, 6) is -0.806. The molecular weight excluding hydrogens is 966 g/mol. The monoisotopic (exact) mass is 1100 g/mol. The van der Waals surface area contributed by atoms with Gasteiger partial charge in [-0.1, -0.05) is 335 Å². The van der Waals surface area contributed by atoms with Gasteiger partial charge >= 0.3 is 11.9 Å². The molecule has 0 heterocycles. The minimum absolute atomic E-state index is 0.0249. The van der Waals surface area contributed by atoms with Gasteiger partial charge in [0.2, 0.25) is 0 Å². The van der Waals surface area contributed by atoms with Gasteiger partial charge in [0.1, 0.15) is 19.8 Å². The molecule has 0 aromatic heterocycles.